The lowest BCUT2D eigenvalue weighted by atomic mass is 10.1. The molecule has 2 aromatic heterocycles. The Morgan fingerprint density at radius 3 is 2.84 bits per heavy atom. The molecule has 5 rings (SSSR count). The molecule has 8 nitrogen and oxygen atoms in total. The van der Waals surface area contributed by atoms with Gasteiger partial charge in [0.2, 0.25) is 5.91 Å². The summed E-state index contributed by atoms with van der Waals surface area (Å²) in [4.78, 5) is 15.9. The van der Waals surface area contributed by atoms with Gasteiger partial charge < -0.3 is 24.8 Å². The maximum Gasteiger partial charge on any atom is 0.237 e. The van der Waals surface area contributed by atoms with Gasteiger partial charge in [0, 0.05) is 57.0 Å². The lowest BCUT2D eigenvalue weighted by Crippen LogP contribution is -2.39. The predicted octanol–water partition coefficient (Wildman–Crippen LogP) is 1.95. The van der Waals surface area contributed by atoms with Crippen molar-refractivity contribution in [2.75, 3.05) is 31.6 Å². The Hall–Kier alpha value is -3.13. The summed E-state index contributed by atoms with van der Waals surface area (Å²) in [7, 11) is 2.15. The third-order valence-corrected chi connectivity index (χ3v) is 6.28. The molecule has 3 aromatic rings. The normalized spacial score (nSPS) is 17.6. The number of benzene rings is 1. The van der Waals surface area contributed by atoms with Gasteiger partial charge in [0.25, 0.3) is 0 Å². The topological polar surface area (TPSA) is 89.5 Å². The SMILES string of the molecule is CN1CCc2nnc(N3CCC(Oc4cccc5c4ccn5CC(N)=O)CC3)cc2C1. The molecule has 0 saturated carbocycles. The van der Waals surface area contributed by atoms with E-state index in [-0.39, 0.29) is 18.6 Å². The Bertz CT molecular complexity index is 1100. The highest BCUT2D eigenvalue weighted by Gasteiger charge is 2.24. The maximum atomic E-state index is 11.3. The van der Waals surface area contributed by atoms with E-state index in [4.69, 9.17) is 10.5 Å². The molecule has 1 aromatic carbocycles. The van der Waals surface area contributed by atoms with E-state index in [1.54, 1.807) is 0 Å². The highest BCUT2D eigenvalue weighted by Crippen LogP contribution is 2.30. The van der Waals surface area contributed by atoms with E-state index in [0.717, 1.165) is 73.6 Å². The van der Waals surface area contributed by atoms with Gasteiger partial charge in [0.15, 0.2) is 5.82 Å². The Morgan fingerprint density at radius 1 is 1.19 bits per heavy atom. The number of amides is 1. The van der Waals surface area contributed by atoms with E-state index in [2.05, 4.69) is 33.1 Å². The van der Waals surface area contributed by atoms with Crippen molar-refractivity contribution in [3.8, 4) is 5.75 Å². The second kappa shape index (κ2) is 8.19. The number of aromatic nitrogens is 3. The number of piperidine rings is 1. The number of carbonyl (C=O) groups excluding carboxylic acids is 1. The zero-order valence-corrected chi connectivity index (χ0v) is 17.8. The smallest absolute Gasteiger partial charge is 0.237 e. The first-order valence-electron chi connectivity index (χ1n) is 10.9. The van der Waals surface area contributed by atoms with Gasteiger partial charge in [0.1, 0.15) is 18.4 Å². The molecule has 2 N–H and O–H groups in total. The number of fused-ring (bicyclic) bond motifs is 2. The second-order valence-corrected chi connectivity index (χ2v) is 8.57. The standard InChI is InChI=1S/C23H28N6O2/c1-27-9-8-19-16(14-27)13-23(26-25-19)28-10-5-17(6-11-28)31-21-4-2-3-20-18(21)7-12-29(20)15-22(24)30/h2-4,7,12-13,17H,5-6,8-11,14-15H2,1H3,(H2,24,30). The number of rotatable bonds is 5. The minimum atomic E-state index is -0.354. The van der Waals surface area contributed by atoms with E-state index < -0.39 is 0 Å². The van der Waals surface area contributed by atoms with E-state index in [1.807, 2.05) is 35.0 Å². The molecule has 31 heavy (non-hydrogen) atoms. The third kappa shape index (κ3) is 4.07. The third-order valence-electron chi connectivity index (χ3n) is 6.28. The van der Waals surface area contributed by atoms with Crippen LogP contribution in [0.4, 0.5) is 5.82 Å². The lowest BCUT2D eigenvalue weighted by molar-refractivity contribution is -0.118. The van der Waals surface area contributed by atoms with Gasteiger partial charge in [-0.1, -0.05) is 6.07 Å². The van der Waals surface area contributed by atoms with Crippen LogP contribution < -0.4 is 15.4 Å². The van der Waals surface area contributed by atoms with Crippen LogP contribution >= 0.6 is 0 Å². The van der Waals surface area contributed by atoms with Crippen molar-refractivity contribution in [1.82, 2.24) is 19.7 Å². The molecule has 0 unspecified atom stereocenters. The largest absolute Gasteiger partial charge is 0.490 e. The Morgan fingerprint density at radius 2 is 2.03 bits per heavy atom. The number of primary amides is 1. The lowest BCUT2D eigenvalue weighted by Gasteiger charge is -2.33. The van der Waals surface area contributed by atoms with E-state index >= 15 is 0 Å². The number of hydrogen-bond donors (Lipinski definition) is 1. The zero-order chi connectivity index (χ0) is 21.4. The summed E-state index contributed by atoms with van der Waals surface area (Å²) in [6, 6.07) is 10.1. The monoisotopic (exact) mass is 420 g/mol. The molecule has 0 bridgehead atoms. The van der Waals surface area contributed by atoms with Gasteiger partial charge >= 0.3 is 0 Å². The van der Waals surface area contributed by atoms with Crippen LogP contribution in [-0.4, -0.2) is 58.4 Å². The molecule has 0 aliphatic carbocycles. The van der Waals surface area contributed by atoms with Gasteiger partial charge in [-0.2, -0.15) is 5.10 Å². The second-order valence-electron chi connectivity index (χ2n) is 8.57. The zero-order valence-electron chi connectivity index (χ0n) is 17.8. The van der Waals surface area contributed by atoms with Crippen molar-refractivity contribution < 1.29 is 9.53 Å². The van der Waals surface area contributed by atoms with Gasteiger partial charge in [-0.15, -0.1) is 5.10 Å². The number of carbonyl (C=O) groups is 1. The molecule has 0 spiro atoms. The van der Waals surface area contributed by atoms with Gasteiger partial charge in [0.05, 0.1) is 11.2 Å². The van der Waals surface area contributed by atoms with Crippen molar-refractivity contribution in [3.05, 3.63) is 47.8 Å². The van der Waals surface area contributed by atoms with Crippen LogP contribution in [0.3, 0.4) is 0 Å². The van der Waals surface area contributed by atoms with Crippen molar-refractivity contribution in [1.29, 1.82) is 0 Å². The molecule has 1 amide bonds. The first-order valence-corrected chi connectivity index (χ1v) is 10.9. The van der Waals surface area contributed by atoms with Gasteiger partial charge in [-0.25, -0.2) is 0 Å². The van der Waals surface area contributed by atoms with Crippen molar-refractivity contribution in [3.63, 3.8) is 0 Å². The van der Waals surface area contributed by atoms with Crippen molar-refractivity contribution in [2.45, 2.75) is 38.5 Å². The van der Waals surface area contributed by atoms with Gasteiger partial charge in [-0.3, -0.25) is 4.79 Å². The van der Waals surface area contributed by atoms with Crippen LogP contribution in [0.5, 0.6) is 5.75 Å². The summed E-state index contributed by atoms with van der Waals surface area (Å²) in [5, 5.41) is 9.99. The summed E-state index contributed by atoms with van der Waals surface area (Å²) in [6.45, 7) is 3.95. The summed E-state index contributed by atoms with van der Waals surface area (Å²) in [5.74, 6) is 1.47. The molecule has 2 aliphatic heterocycles. The first-order chi connectivity index (χ1) is 15.1. The number of hydrogen-bond acceptors (Lipinski definition) is 6. The molecule has 162 valence electrons. The molecule has 8 heteroatoms. The highest BCUT2D eigenvalue weighted by atomic mass is 16.5. The van der Waals surface area contributed by atoms with Crippen LogP contribution in [0.25, 0.3) is 10.9 Å². The number of likely N-dealkylation sites (N-methyl/N-ethyl adjacent to an activating group) is 1. The maximum absolute atomic E-state index is 11.3. The molecular weight excluding hydrogens is 392 g/mol. The molecule has 1 saturated heterocycles. The highest BCUT2D eigenvalue weighted by molar-refractivity contribution is 5.87. The summed E-state index contributed by atoms with van der Waals surface area (Å²) < 4.78 is 8.24. The molecule has 4 heterocycles. The predicted molar refractivity (Wildman–Crippen MR) is 119 cm³/mol. The van der Waals surface area contributed by atoms with Gasteiger partial charge in [-0.05, 0) is 36.9 Å². The fourth-order valence-corrected chi connectivity index (χ4v) is 4.60. The number of nitrogens with zero attached hydrogens (tertiary/aromatic N) is 5. The Kier molecular flexibility index (Phi) is 5.23. The summed E-state index contributed by atoms with van der Waals surface area (Å²) in [5.41, 5.74) is 8.75. The fraction of sp³-hybridized carbons (Fsp3) is 0.435. The molecular formula is C23H28N6O2. The average molecular weight is 421 g/mol. The number of anilines is 1. The van der Waals surface area contributed by atoms with Crippen molar-refractivity contribution in [2.24, 2.45) is 5.73 Å². The van der Waals surface area contributed by atoms with Crippen LogP contribution in [0.15, 0.2) is 36.5 Å². The van der Waals surface area contributed by atoms with Crippen LogP contribution in [0, 0.1) is 0 Å². The molecule has 0 radical (unpaired) electrons. The minimum absolute atomic E-state index is 0.151. The minimum Gasteiger partial charge on any atom is -0.490 e. The van der Waals surface area contributed by atoms with E-state index in [9.17, 15) is 4.79 Å². The first kappa shape index (κ1) is 19.8. The van der Waals surface area contributed by atoms with E-state index in [1.165, 1.54) is 5.56 Å². The van der Waals surface area contributed by atoms with Crippen LogP contribution in [0.2, 0.25) is 0 Å². The van der Waals surface area contributed by atoms with E-state index in [0.29, 0.717) is 0 Å². The Labute approximate surface area is 181 Å². The summed E-state index contributed by atoms with van der Waals surface area (Å²) >= 11 is 0. The quantitative estimate of drug-likeness (QED) is 0.679. The molecule has 1 fully saturated rings. The Balaban J connectivity index is 1.25. The van der Waals surface area contributed by atoms with Crippen LogP contribution in [0.1, 0.15) is 24.1 Å². The number of nitrogens with two attached hydrogens (primary N) is 1. The molecule has 2 aliphatic rings. The van der Waals surface area contributed by atoms with Crippen LogP contribution in [-0.2, 0) is 24.3 Å². The number of ether oxygens (including phenoxy) is 1. The average Bonchev–Trinajstić information content (AvgIpc) is 3.17. The fourth-order valence-electron chi connectivity index (χ4n) is 4.60. The molecule has 0 atom stereocenters. The summed E-state index contributed by atoms with van der Waals surface area (Å²) in [6.07, 6.45) is 4.87. The van der Waals surface area contributed by atoms with Crippen molar-refractivity contribution >= 4 is 22.6 Å².